The van der Waals surface area contributed by atoms with Gasteiger partial charge in [-0.2, -0.15) is 0 Å². The fourth-order valence-electron chi connectivity index (χ4n) is 1.18. The summed E-state index contributed by atoms with van der Waals surface area (Å²) in [5.41, 5.74) is 5.35. The van der Waals surface area contributed by atoms with E-state index in [0.717, 1.165) is 19.4 Å². The van der Waals surface area contributed by atoms with E-state index in [1.807, 2.05) is 0 Å². The van der Waals surface area contributed by atoms with Crippen molar-refractivity contribution >= 4 is 5.97 Å². The molecule has 0 aromatic carbocycles. The molecule has 4 N–H and O–H groups in total. The molecular weight excluding hydrogens is 180 g/mol. The number of nitrogens with two attached hydrogens (primary N) is 1. The molecule has 0 bridgehead atoms. The third kappa shape index (κ3) is 6.86. The van der Waals surface area contributed by atoms with Gasteiger partial charge in [0, 0.05) is 0 Å². The predicted octanol–water partition coefficient (Wildman–Crippen LogP) is 0.814. The summed E-state index contributed by atoms with van der Waals surface area (Å²) in [6, 6.07) is -0.413. The predicted molar refractivity (Wildman–Crippen MR) is 57.2 cm³/mol. The molecule has 0 rings (SSSR count). The lowest BCUT2D eigenvalue weighted by atomic mass is 10.1. The molecule has 1 atom stereocenters. The van der Waals surface area contributed by atoms with Gasteiger partial charge in [0.05, 0.1) is 0 Å². The highest BCUT2D eigenvalue weighted by atomic mass is 16.4. The van der Waals surface area contributed by atoms with Gasteiger partial charge in [0.1, 0.15) is 6.04 Å². The third-order valence-electron chi connectivity index (χ3n) is 2.02. The average Bonchev–Trinajstić information content (AvgIpc) is 2.10. The monoisotopic (exact) mass is 202 g/mol. The summed E-state index contributed by atoms with van der Waals surface area (Å²) in [7, 11) is 0. The Morgan fingerprint density at radius 2 is 2.07 bits per heavy atom. The second kappa shape index (κ2) is 7.76. The number of carboxylic acids is 1. The maximum atomic E-state index is 10.8. The van der Waals surface area contributed by atoms with Crippen molar-refractivity contribution in [3.63, 3.8) is 0 Å². The Kier molecular flexibility index (Phi) is 7.42. The van der Waals surface area contributed by atoms with Crippen LogP contribution in [0.5, 0.6) is 0 Å². The van der Waals surface area contributed by atoms with Crippen molar-refractivity contribution in [3.8, 4) is 0 Å². The Balaban J connectivity index is 3.72. The van der Waals surface area contributed by atoms with E-state index in [1.54, 1.807) is 0 Å². The quantitative estimate of drug-likeness (QED) is 0.509. The van der Waals surface area contributed by atoms with Crippen LogP contribution < -0.4 is 11.1 Å². The number of nitrogens with one attached hydrogen (secondary N) is 1. The van der Waals surface area contributed by atoms with Crippen molar-refractivity contribution in [3.05, 3.63) is 0 Å². The SMILES string of the molecule is CC(C)CN[C@@H](CCCCN)C(=O)O. The van der Waals surface area contributed by atoms with Gasteiger partial charge in [0.15, 0.2) is 0 Å². The van der Waals surface area contributed by atoms with Crippen LogP contribution in [0.1, 0.15) is 33.1 Å². The summed E-state index contributed by atoms with van der Waals surface area (Å²) in [4.78, 5) is 10.8. The van der Waals surface area contributed by atoms with Crippen LogP contribution in [0.3, 0.4) is 0 Å². The van der Waals surface area contributed by atoms with Gasteiger partial charge in [0.2, 0.25) is 0 Å². The molecule has 0 radical (unpaired) electrons. The molecule has 0 saturated carbocycles. The van der Waals surface area contributed by atoms with Crippen molar-refractivity contribution in [2.45, 2.75) is 39.2 Å². The van der Waals surface area contributed by atoms with Crippen molar-refractivity contribution in [2.75, 3.05) is 13.1 Å². The summed E-state index contributed by atoms with van der Waals surface area (Å²) in [5, 5.41) is 11.9. The molecule has 84 valence electrons. The third-order valence-corrected chi connectivity index (χ3v) is 2.02. The molecule has 0 aromatic heterocycles. The van der Waals surface area contributed by atoms with Crippen LogP contribution in [-0.2, 0) is 4.79 Å². The maximum Gasteiger partial charge on any atom is 0.320 e. The van der Waals surface area contributed by atoms with Gasteiger partial charge in [-0.1, -0.05) is 20.3 Å². The standard InChI is InChI=1S/C10H22N2O2/c1-8(2)7-12-9(10(13)14)5-3-4-6-11/h8-9,12H,3-7,11H2,1-2H3,(H,13,14)/t9-/m0/s1. The molecule has 0 heterocycles. The Bertz CT molecular complexity index is 160. The highest BCUT2D eigenvalue weighted by molar-refractivity contribution is 5.73. The first kappa shape index (κ1) is 13.4. The Morgan fingerprint density at radius 1 is 1.43 bits per heavy atom. The van der Waals surface area contributed by atoms with Crippen LogP contribution >= 0.6 is 0 Å². The largest absolute Gasteiger partial charge is 0.480 e. The number of aliphatic carboxylic acids is 1. The van der Waals surface area contributed by atoms with Gasteiger partial charge in [-0.15, -0.1) is 0 Å². The molecule has 0 amide bonds. The lowest BCUT2D eigenvalue weighted by Crippen LogP contribution is -2.38. The highest BCUT2D eigenvalue weighted by Crippen LogP contribution is 2.01. The summed E-state index contributed by atoms with van der Waals surface area (Å²) in [5.74, 6) is -0.283. The molecule has 0 unspecified atom stereocenters. The van der Waals surface area contributed by atoms with Crippen LogP contribution in [0.2, 0.25) is 0 Å². The number of hydrogen-bond donors (Lipinski definition) is 3. The molecule has 14 heavy (non-hydrogen) atoms. The fraction of sp³-hybridized carbons (Fsp3) is 0.900. The first-order chi connectivity index (χ1) is 6.57. The van der Waals surface area contributed by atoms with Crippen LogP contribution in [0, 0.1) is 5.92 Å². The number of unbranched alkanes of at least 4 members (excludes halogenated alkanes) is 1. The van der Waals surface area contributed by atoms with Crippen LogP contribution in [-0.4, -0.2) is 30.2 Å². The van der Waals surface area contributed by atoms with E-state index in [4.69, 9.17) is 10.8 Å². The van der Waals surface area contributed by atoms with E-state index < -0.39 is 12.0 Å². The molecule has 0 fully saturated rings. The Hall–Kier alpha value is -0.610. The van der Waals surface area contributed by atoms with Gasteiger partial charge in [0.25, 0.3) is 0 Å². The van der Waals surface area contributed by atoms with Crippen LogP contribution in [0.4, 0.5) is 0 Å². The number of carbonyl (C=O) groups is 1. The minimum atomic E-state index is -0.761. The zero-order chi connectivity index (χ0) is 11.0. The smallest absolute Gasteiger partial charge is 0.320 e. The first-order valence-electron chi connectivity index (χ1n) is 5.24. The lowest BCUT2D eigenvalue weighted by Gasteiger charge is -2.15. The van der Waals surface area contributed by atoms with Crippen molar-refractivity contribution < 1.29 is 9.90 Å². The Morgan fingerprint density at radius 3 is 2.50 bits per heavy atom. The number of carboxylic acid groups (broad SMARTS) is 1. The maximum absolute atomic E-state index is 10.8. The summed E-state index contributed by atoms with van der Waals surface area (Å²) in [6.07, 6.45) is 2.44. The van der Waals surface area contributed by atoms with Gasteiger partial charge < -0.3 is 16.2 Å². The molecule has 0 spiro atoms. The van der Waals surface area contributed by atoms with E-state index in [2.05, 4.69) is 19.2 Å². The first-order valence-corrected chi connectivity index (χ1v) is 5.24. The van der Waals surface area contributed by atoms with Crippen LogP contribution in [0.25, 0.3) is 0 Å². The minimum Gasteiger partial charge on any atom is -0.480 e. The van der Waals surface area contributed by atoms with E-state index in [-0.39, 0.29) is 0 Å². The topological polar surface area (TPSA) is 75.3 Å². The Labute approximate surface area is 85.9 Å². The van der Waals surface area contributed by atoms with Gasteiger partial charge in [-0.05, 0) is 31.8 Å². The van der Waals surface area contributed by atoms with E-state index >= 15 is 0 Å². The molecule has 0 aliphatic rings. The molecule has 0 aliphatic carbocycles. The zero-order valence-corrected chi connectivity index (χ0v) is 9.12. The van der Waals surface area contributed by atoms with Gasteiger partial charge in [-0.25, -0.2) is 0 Å². The molecule has 4 heteroatoms. The number of rotatable bonds is 8. The van der Waals surface area contributed by atoms with Crippen molar-refractivity contribution in [1.82, 2.24) is 5.32 Å². The lowest BCUT2D eigenvalue weighted by molar-refractivity contribution is -0.139. The van der Waals surface area contributed by atoms with Crippen molar-refractivity contribution in [2.24, 2.45) is 11.7 Å². The van der Waals surface area contributed by atoms with E-state index in [0.29, 0.717) is 18.9 Å². The van der Waals surface area contributed by atoms with E-state index in [1.165, 1.54) is 0 Å². The molecule has 4 nitrogen and oxygen atoms in total. The van der Waals surface area contributed by atoms with Crippen molar-refractivity contribution in [1.29, 1.82) is 0 Å². The second-order valence-electron chi connectivity index (χ2n) is 3.98. The fourth-order valence-corrected chi connectivity index (χ4v) is 1.18. The number of hydrogen-bond acceptors (Lipinski definition) is 3. The summed E-state index contributed by atoms with van der Waals surface area (Å²) < 4.78 is 0. The zero-order valence-electron chi connectivity index (χ0n) is 9.12. The molecule has 0 aromatic rings. The summed E-state index contributed by atoms with van der Waals surface area (Å²) >= 11 is 0. The normalized spacial score (nSPS) is 13.1. The van der Waals surface area contributed by atoms with Crippen LogP contribution in [0.15, 0.2) is 0 Å². The molecule has 0 saturated heterocycles. The molecular formula is C10H22N2O2. The second-order valence-corrected chi connectivity index (χ2v) is 3.98. The van der Waals surface area contributed by atoms with Gasteiger partial charge in [-0.3, -0.25) is 4.79 Å². The summed E-state index contributed by atoms with van der Waals surface area (Å²) in [6.45, 7) is 5.51. The van der Waals surface area contributed by atoms with E-state index in [9.17, 15) is 4.79 Å². The van der Waals surface area contributed by atoms with Gasteiger partial charge >= 0.3 is 5.97 Å². The minimum absolute atomic E-state index is 0.413. The average molecular weight is 202 g/mol. The highest BCUT2D eigenvalue weighted by Gasteiger charge is 2.15. The molecule has 0 aliphatic heterocycles.